The molecule has 6 heteroatoms. The van der Waals surface area contributed by atoms with Crippen molar-refractivity contribution in [2.24, 2.45) is 0 Å². The van der Waals surface area contributed by atoms with E-state index in [0.29, 0.717) is 6.61 Å². The predicted molar refractivity (Wildman–Crippen MR) is 77.8 cm³/mol. The topological polar surface area (TPSA) is 21.7 Å². The molecule has 3 nitrogen and oxygen atoms in total. The third-order valence-corrected chi connectivity index (χ3v) is 3.55. The van der Waals surface area contributed by atoms with Crippen molar-refractivity contribution in [3.63, 3.8) is 0 Å². The maximum atomic E-state index is 12.8. The average molecular weight is 317 g/mol. The highest BCUT2D eigenvalue weighted by Gasteiger charge is 2.31. The SMILES string of the molecule is CC(C)OCC(Oc1cccc(C(F)(F)F)c1)N1CCCC1. The van der Waals surface area contributed by atoms with E-state index in [-0.39, 0.29) is 18.1 Å². The molecule has 1 saturated heterocycles. The van der Waals surface area contributed by atoms with Gasteiger partial charge in [-0.1, -0.05) is 6.07 Å². The lowest BCUT2D eigenvalue weighted by molar-refractivity contribution is -0.137. The van der Waals surface area contributed by atoms with E-state index in [2.05, 4.69) is 4.90 Å². The number of halogens is 3. The van der Waals surface area contributed by atoms with Gasteiger partial charge in [0.1, 0.15) is 5.75 Å². The fourth-order valence-electron chi connectivity index (χ4n) is 2.42. The number of alkyl halides is 3. The molecule has 1 heterocycles. The number of ether oxygens (including phenoxy) is 2. The zero-order valence-electron chi connectivity index (χ0n) is 12.9. The van der Waals surface area contributed by atoms with Crippen molar-refractivity contribution in [3.05, 3.63) is 29.8 Å². The number of hydrogen-bond acceptors (Lipinski definition) is 3. The number of nitrogens with zero attached hydrogens (tertiary/aromatic N) is 1. The molecule has 124 valence electrons. The molecule has 1 aliphatic rings. The fourth-order valence-corrected chi connectivity index (χ4v) is 2.42. The lowest BCUT2D eigenvalue weighted by atomic mass is 10.2. The normalized spacial score (nSPS) is 17.9. The van der Waals surface area contributed by atoms with E-state index in [0.717, 1.165) is 38.1 Å². The molecule has 2 rings (SSSR count). The van der Waals surface area contributed by atoms with Crippen molar-refractivity contribution in [1.29, 1.82) is 0 Å². The van der Waals surface area contributed by atoms with Crippen LogP contribution in [0.15, 0.2) is 24.3 Å². The van der Waals surface area contributed by atoms with Gasteiger partial charge in [-0.15, -0.1) is 0 Å². The van der Waals surface area contributed by atoms with Crippen LogP contribution in [0.1, 0.15) is 32.3 Å². The Morgan fingerprint density at radius 2 is 1.86 bits per heavy atom. The van der Waals surface area contributed by atoms with Gasteiger partial charge in [-0.05, 0) is 44.9 Å². The molecule has 1 aromatic carbocycles. The molecule has 1 atom stereocenters. The van der Waals surface area contributed by atoms with Crippen LogP contribution in [-0.4, -0.2) is 36.9 Å². The molecule has 1 aromatic rings. The van der Waals surface area contributed by atoms with Crippen LogP contribution in [0.2, 0.25) is 0 Å². The molecule has 0 spiro atoms. The van der Waals surface area contributed by atoms with Crippen molar-refractivity contribution >= 4 is 0 Å². The second kappa shape index (κ2) is 7.33. The largest absolute Gasteiger partial charge is 0.473 e. The lowest BCUT2D eigenvalue weighted by Gasteiger charge is -2.28. The van der Waals surface area contributed by atoms with Crippen LogP contribution in [-0.2, 0) is 10.9 Å². The van der Waals surface area contributed by atoms with Gasteiger partial charge >= 0.3 is 6.18 Å². The number of likely N-dealkylation sites (tertiary alicyclic amines) is 1. The Morgan fingerprint density at radius 3 is 2.45 bits per heavy atom. The van der Waals surface area contributed by atoms with Gasteiger partial charge in [-0.3, -0.25) is 4.90 Å². The van der Waals surface area contributed by atoms with Crippen molar-refractivity contribution in [3.8, 4) is 5.75 Å². The van der Waals surface area contributed by atoms with Gasteiger partial charge in [0.2, 0.25) is 0 Å². The standard InChI is InChI=1S/C16H22F3NO2/c1-12(2)21-11-15(20-8-3-4-9-20)22-14-7-5-6-13(10-14)16(17,18)19/h5-7,10,12,15H,3-4,8-9,11H2,1-2H3. The summed E-state index contributed by atoms with van der Waals surface area (Å²) in [6.07, 6.45) is -2.52. The molecule has 1 fully saturated rings. The Kier molecular flexibility index (Phi) is 5.69. The quantitative estimate of drug-likeness (QED) is 0.793. The van der Waals surface area contributed by atoms with E-state index in [1.165, 1.54) is 6.07 Å². The van der Waals surface area contributed by atoms with Gasteiger partial charge in [0.25, 0.3) is 0 Å². The summed E-state index contributed by atoms with van der Waals surface area (Å²) in [4.78, 5) is 2.11. The van der Waals surface area contributed by atoms with Crippen molar-refractivity contribution in [1.82, 2.24) is 4.90 Å². The summed E-state index contributed by atoms with van der Waals surface area (Å²) in [5, 5.41) is 0. The second-order valence-electron chi connectivity index (χ2n) is 5.72. The first-order chi connectivity index (χ1) is 10.4. The number of rotatable bonds is 6. The van der Waals surface area contributed by atoms with E-state index < -0.39 is 11.7 Å². The van der Waals surface area contributed by atoms with Gasteiger partial charge in [0.15, 0.2) is 6.23 Å². The Balaban J connectivity index is 2.08. The molecule has 0 aromatic heterocycles. The highest BCUT2D eigenvalue weighted by atomic mass is 19.4. The molecular formula is C16H22F3NO2. The number of benzene rings is 1. The van der Waals surface area contributed by atoms with E-state index in [9.17, 15) is 13.2 Å². The third-order valence-electron chi connectivity index (χ3n) is 3.55. The Hall–Kier alpha value is -1.27. The van der Waals surface area contributed by atoms with Crippen molar-refractivity contribution in [2.45, 2.75) is 45.2 Å². The first-order valence-electron chi connectivity index (χ1n) is 7.56. The van der Waals surface area contributed by atoms with Gasteiger partial charge < -0.3 is 9.47 Å². The first-order valence-corrected chi connectivity index (χ1v) is 7.56. The maximum Gasteiger partial charge on any atom is 0.416 e. The average Bonchev–Trinajstić information content (AvgIpc) is 2.96. The van der Waals surface area contributed by atoms with Gasteiger partial charge in [0, 0.05) is 13.1 Å². The minimum absolute atomic E-state index is 0.0511. The van der Waals surface area contributed by atoms with Gasteiger partial charge in [0.05, 0.1) is 18.3 Å². The monoisotopic (exact) mass is 317 g/mol. The summed E-state index contributed by atoms with van der Waals surface area (Å²) in [6.45, 7) is 5.95. The summed E-state index contributed by atoms with van der Waals surface area (Å²) in [5.41, 5.74) is -0.699. The fraction of sp³-hybridized carbons (Fsp3) is 0.625. The molecule has 0 aliphatic carbocycles. The number of hydrogen-bond donors (Lipinski definition) is 0. The van der Waals surface area contributed by atoms with Crippen LogP contribution < -0.4 is 4.74 Å². The summed E-state index contributed by atoms with van der Waals surface area (Å²) in [7, 11) is 0. The Bertz CT molecular complexity index is 471. The van der Waals surface area contributed by atoms with Crippen LogP contribution in [0.5, 0.6) is 5.75 Å². The summed E-state index contributed by atoms with van der Waals surface area (Å²) in [5.74, 6) is 0.221. The molecule has 1 unspecified atom stereocenters. The molecule has 0 radical (unpaired) electrons. The van der Waals surface area contributed by atoms with Crippen molar-refractivity contribution in [2.75, 3.05) is 19.7 Å². The van der Waals surface area contributed by atoms with Crippen LogP contribution in [0.4, 0.5) is 13.2 Å². The van der Waals surface area contributed by atoms with E-state index in [1.54, 1.807) is 6.07 Å². The summed E-state index contributed by atoms with van der Waals surface area (Å²) in [6, 6.07) is 5.00. The van der Waals surface area contributed by atoms with Crippen LogP contribution >= 0.6 is 0 Å². The lowest BCUT2D eigenvalue weighted by Crippen LogP contribution is -2.41. The summed E-state index contributed by atoms with van der Waals surface area (Å²) < 4.78 is 49.7. The predicted octanol–water partition coefficient (Wildman–Crippen LogP) is 3.93. The Labute approximate surface area is 129 Å². The first kappa shape index (κ1) is 17.1. The molecule has 1 aliphatic heterocycles. The molecule has 0 bridgehead atoms. The zero-order chi connectivity index (χ0) is 16.2. The van der Waals surface area contributed by atoms with Crippen LogP contribution in [0.3, 0.4) is 0 Å². The molecular weight excluding hydrogens is 295 g/mol. The van der Waals surface area contributed by atoms with Crippen LogP contribution in [0, 0.1) is 0 Å². The van der Waals surface area contributed by atoms with Gasteiger partial charge in [-0.25, -0.2) is 0 Å². The minimum atomic E-state index is -4.36. The van der Waals surface area contributed by atoms with Crippen LogP contribution in [0.25, 0.3) is 0 Å². The van der Waals surface area contributed by atoms with E-state index >= 15 is 0 Å². The minimum Gasteiger partial charge on any atom is -0.473 e. The Morgan fingerprint density at radius 1 is 1.18 bits per heavy atom. The highest BCUT2D eigenvalue weighted by Crippen LogP contribution is 2.31. The molecule has 22 heavy (non-hydrogen) atoms. The van der Waals surface area contributed by atoms with Crippen molar-refractivity contribution < 1.29 is 22.6 Å². The molecule has 0 amide bonds. The van der Waals surface area contributed by atoms with Gasteiger partial charge in [-0.2, -0.15) is 13.2 Å². The second-order valence-corrected chi connectivity index (χ2v) is 5.72. The molecule has 0 N–H and O–H groups in total. The smallest absolute Gasteiger partial charge is 0.416 e. The highest BCUT2D eigenvalue weighted by molar-refractivity contribution is 5.30. The third kappa shape index (κ3) is 4.88. The van der Waals surface area contributed by atoms with E-state index in [4.69, 9.17) is 9.47 Å². The van der Waals surface area contributed by atoms with E-state index in [1.807, 2.05) is 13.8 Å². The zero-order valence-corrected chi connectivity index (χ0v) is 12.9. The summed E-state index contributed by atoms with van der Waals surface area (Å²) >= 11 is 0. The molecule has 0 saturated carbocycles. The maximum absolute atomic E-state index is 12.8.